The summed E-state index contributed by atoms with van der Waals surface area (Å²) in [4.78, 5) is 24.3. The van der Waals surface area contributed by atoms with Gasteiger partial charge in [0.2, 0.25) is 0 Å². The first-order chi connectivity index (χ1) is 14.3. The smallest absolute Gasteiger partial charge is 0.268 e. The SMILES string of the molecule is CC(N)=C(O)C(=NCCC#N)c1nc(-c2c(F)c(C(N)=O)n3cc(C)ncc23)n[nH]1. The van der Waals surface area contributed by atoms with Crippen molar-refractivity contribution < 1.29 is 14.3 Å². The minimum atomic E-state index is -0.965. The number of nitrogens with one attached hydrogen (secondary N) is 1. The number of halogens is 1. The highest BCUT2D eigenvalue weighted by Gasteiger charge is 2.27. The maximum absolute atomic E-state index is 15.1. The number of aromatic nitrogens is 5. The molecule has 0 aliphatic heterocycles. The summed E-state index contributed by atoms with van der Waals surface area (Å²) in [7, 11) is 0. The third-order valence-electron chi connectivity index (χ3n) is 4.15. The van der Waals surface area contributed by atoms with Crippen LogP contribution in [-0.2, 0) is 0 Å². The number of hydrogen-bond donors (Lipinski definition) is 4. The minimum Gasteiger partial charge on any atom is -0.504 e. The van der Waals surface area contributed by atoms with Crippen LogP contribution >= 0.6 is 0 Å². The lowest BCUT2D eigenvalue weighted by Gasteiger charge is -2.04. The molecule has 30 heavy (non-hydrogen) atoms. The number of primary amides is 1. The van der Waals surface area contributed by atoms with Crippen molar-refractivity contribution in [2.45, 2.75) is 20.3 Å². The predicted molar refractivity (Wildman–Crippen MR) is 105 cm³/mol. The van der Waals surface area contributed by atoms with Gasteiger partial charge in [0.15, 0.2) is 23.2 Å². The summed E-state index contributed by atoms with van der Waals surface area (Å²) in [6.07, 6.45) is 2.95. The highest BCUT2D eigenvalue weighted by atomic mass is 19.1. The van der Waals surface area contributed by atoms with Gasteiger partial charge < -0.3 is 21.0 Å². The second-order valence-corrected chi connectivity index (χ2v) is 6.36. The van der Waals surface area contributed by atoms with Gasteiger partial charge in [0.05, 0.1) is 42.0 Å². The summed E-state index contributed by atoms with van der Waals surface area (Å²) in [5, 5.41) is 25.5. The number of carbonyl (C=O) groups excluding carboxylic acids is 1. The van der Waals surface area contributed by atoms with Crippen molar-refractivity contribution >= 4 is 17.1 Å². The molecule has 3 aromatic heterocycles. The quantitative estimate of drug-likeness (QED) is 0.266. The first-order valence-corrected chi connectivity index (χ1v) is 8.72. The van der Waals surface area contributed by atoms with Crippen molar-refractivity contribution in [1.29, 1.82) is 5.26 Å². The van der Waals surface area contributed by atoms with E-state index in [-0.39, 0.29) is 58.6 Å². The zero-order chi connectivity index (χ0) is 22.0. The number of hydrogen-bond acceptors (Lipinski definition) is 8. The first kappa shape index (κ1) is 20.5. The van der Waals surface area contributed by atoms with Gasteiger partial charge in [0, 0.05) is 11.9 Å². The number of rotatable bonds is 6. The van der Waals surface area contributed by atoms with Crippen LogP contribution in [0.2, 0.25) is 0 Å². The monoisotopic (exact) mass is 411 g/mol. The summed E-state index contributed by atoms with van der Waals surface area (Å²) in [6.45, 7) is 3.22. The summed E-state index contributed by atoms with van der Waals surface area (Å²) in [5.74, 6) is -2.32. The maximum atomic E-state index is 15.1. The Hall–Kier alpha value is -4.27. The van der Waals surface area contributed by atoms with Gasteiger partial charge in [-0.2, -0.15) is 10.4 Å². The molecule has 0 bridgehead atoms. The molecule has 0 radical (unpaired) electrons. The average molecular weight is 411 g/mol. The summed E-state index contributed by atoms with van der Waals surface area (Å²) in [6, 6.07) is 1.93. The normalized spacial score (nSPS) is 12.7. The fourth-order valence-electron chi connectivity index (χ4n) is 2.81. The molecule has 6 N–H and O–H groups in total. The van der Waals surface area contributed by atoms with Crippen LogP contribution in [0.1, 0.15) is 35.4 Å². The highest BCUT2D eigenvalue weighted by molar-refractivity contribution is 6.09. The van der Waals surface area contributed by atoms with E-state index in [0.29, 0.717) is 5.69 Å². The molecule has 0 spiro atoms. The number of aliphatic imine (C=N–C) groups is 1. The molecule has 3 aromatic rings. The van der Waals surface area contributed by atoms with Crippen molar-refractivity contribution in [1.82, 2.24) is 24.6 Å². The van der Waals surface area contributed by atoms with E-state index in [4.69, 9.17) is 16.7 Å². The van der Waals surface area contributed by atoms with Crippen molar-refractivity contribution in [3.8, 4) is 17.5 Å². The molecule has 0 aromatic carbocycles. The number of carbonyl (C=O) groups is 1. The van der Waals surface area contributed by atoms with Crippen LogP contribution in [0.5, 0.6) is 0 Å². The fraction of sp³-hybridized carbons (Fsp3) is 0.222. The number of allylic oxidation sites excluding steroid dienone is 2. The lowest BCUT2D eigenvalue weighted by molar-refractivity contribution is 0.0991. The van der Waals surface area contributed by atoms with Crippen LogP contribution in [0.3, 0.4) is 0 Å². The molecule has 0 saturated heterocycles. The largest absolute Gasteiger partial charge is 0.504 e. The van der Waals surface area contributed by atoms with E-state index < -0.39 is 11.7 Å². The summed E-state index contributed by atoms with van der Waals surface area (Å²) < 4.78 is 16.4. The zero-order valence-electron chi connectivity index (χ0n) is 16.1. The summed E-state index contributed by atoms with van der Waals surface area (Å²) in [5.41, 5.74) is 11.4. The maximum Gasteiger partial charge on any atom is 0.268 e. The molecule has 0 aliphatic rings. The molecular weight excluding hydrogens is 393 g/mol. The van der Waals surface area contributed by atoms with Gasteiger partial charge in [0.1, 0.15) is 11.4 Å². The lowest BCUT2D eigenvalue weighted by atomic mass is 10.2. The number of aryl methyl sites for hydroxylation is 1. The van der Waals surface area contributed by atoms with Crippen molar-refractivity contribution in [3.63, 3.8) is 0 Å². The Bertz CT molecular complexity index is 1240. The summed E-state index contributed by atoms with van der Waals surface area (Å²) >= 11 is 0. The number of aliphatic hydroxyl groups is 1. The molecule has 1 amide bonds. The zero-order valence-corrected chi connectivity index (χ0v) is 16.1. The number of nitrogens with zero attached hydrogens (tertiary/aromatic N) is 6. The van der Waals surface area contributed by atoms with E-state index in [1.165, 1.54) is 23.7 Å². The number of aromatic amines is 1. The Morgan fingerprint density at radius 1 is 1.47 bits per heavy atom. The number of H-pyrrole nitrogens is 1. The Morgan fingerprint density at radius 2 is 2.20 bits per heavy atom. The molecule has 0 saturated carbocycles. The van der Waals surface area contributed by atoms with E-state index in [9.17, 15) is 9.90 Å². The Balaban J connectivity index is 2.19. The fourth-order valence-corrected chi connectivity index (χ4v) is 2.81. The minimum absolute atomic E-state index is 0.00434. The molecular formula is C18H18FN9O2. The third kappa shape index (κ3) is 3.55. The molecule has 0 unspecified atom stereocenters. The number of amides is 1. The van der Waals surface area contributed by atoms with Gasteiger partial charge in [0.25, 0.3) is 5.91 Å². The number of fused-ring (bicyclic) bond motifs is 1. The van der Waals surface area contributed by atoms with Gasteiger partial charge in [-0.3, -0.25) is 19.9 Å². The second-order valence-electron chi connectivity index (χ2n) is 6.36. The van der Waals surface area contributed by atoms with Crippen molar-refractivity contribution in [2.24, 2.45) is 16.5 Å². The molecule has 12 heteroatoms. The molecule has 0 aliphatic carbocycles. The van der Waals surface area contributed by atoms with Crippen molar-refractivity contribution in [2.75, 3.05) is 6.54 Å². The number of aliphatic hydroxyl groups excluding tert-OH is 1. The Kier molecular flexibility index (Phi) is 5.45. The van der Waals surface area contributed by atoms with Gasteiger partial charge in [-0.25, -0.2) is 9.37 Å². The van der Waals surface area contributed by atoms with Gasteiger partial charge in [-0.1, -0.05) is 0 Å². The molecule has 11 nitrogen and oxygen atoms in total. The van der Waals surface area contributed by atoms with Crippen LogP contribution in [0, 0.1) is 24.1 Å². The Labute approximate surface area is 169 Å². The predicted octanol–water partition coefficient (Wildman–Crippen LogP) is 1.12. The van der Waals surface area contributed by atoms with Crippen LogP contribution in [0.15, 0.2) is 28.8 Å². The average Bonchev–Trinajstić information content (AvgIpc) is 3.26. The first-order valence-electron chi connectivity index (χ1n) is 8.72. The second kappa shape index (κ2) is 8.00. The third-order valence-corrected chi connectivity index (χ3v) is 4.15. The molecule has 3 heterocycles. The van der Waals surface area contributed by atoms with E-state index in [1.54, 1.807) is 6.92 Å². The topological polar surface area (TPSA) is 184 Å². The van der Waals surface area contributed by atoms with Gasteiger partial charge in [-0.15, -0.1) is 0 Å². The van der Waals surface area contributed by atoms with Crippen molar-refractivity contribution in [3.05, 3.63) is 46.9 Å². The van der Waals surface area contributed by atoms with E-state index in [2.05, 4.69) is 25.2 Å². The molecule has 3 rings (SSSR count). The highest BCUT2D eigenvalue weighted by Crippen LogP contribution is 2.30. The van der Waals surface area contributed by atoms with Gasteiger partial charge >= 0.3 is 0 Å². The van der Waals surface area contributed by atoms with Crippen LogP contribution < -0.4 is 11.5 Å². The standard InChI is InChI=1S/C18H18FN9O2/c1-8-7-28-10(6-24-8)11(12(19)14(28)16(22)30)17-25-18(27-26-17)13(15(29)9(2)21)23-5-3-4-20/h6-7,29H,3,5,21H2,1-2H3,(H2,22,30)(H,25,26,27). The number of nitriles is 1. The number of nitrogens with two attached hydrogens (primary N) is 2. The van der Waals surface area contributed by atoms with Gasteiger partial charge in [-0.05, 0) is 13.8 Å². The lowest BCUT2D eigenvalue weighted by Crippen LogP contribution is -2.15. The van der Waals surface area contributed by atoms with Crippen LogP contribution in [0.4, 0.5) is 4.39 Å². The van der Waals surface area contributed by atoms with Crippen LogP contribution in [0.25, 0.3) is 16.9 Å². The molecule has 0 fully saturated rings. The molecule has 0 atom stereocenters. The molecule has 154 valence electrons. The van der Waals surface area contributed by atoms with E-state index in [1.807, 2.05) is 6.07 Å². The van der Waals surface area contributed by atoms with Crippen LogP contribution in [-0.4, -0.2) is 47.8 Å². The van der Waals surface area contributed by atoms with E-state index >= 15 is 4.39 Å². The van der Waals surface area contributed by atoms with E-state index in [0.717, 1.165) is 0 Å². The Morgan fingerprint density at radius 3 is 2.83 bits per heavy atom.